The van der Waals surface area contributed by atoms with Crippen molar-refractivity contribution in [3.8, 4) is 5.75 Å². The Balaban J connectivity index is 1.15. The van der Waals surface area contributed by atoms with Crippen molar-refractivity contribution in [2.75, 3.05) is 26.3 Å². The minimum Gasteiger partial charge on any atom is -0.494 e. The number of rotatable bonds is 11. The zero-order valence-electron chi connectivity index (χ0n) is 24.4. The minimum atomic E-state index is 0.118. The molecule has 1 heterocycles. The second kappa shape index (κ2) is 13.5. The maximum Gasteiger partial charge on any atom is 0.119 e. The SMILES string of the molecule is Cc1ccccc1COCCCOc1ccc([C@H]2C(C)CNC[C@@H]2OCc2cc(C)c3ccccc3c2C)cc1. The monoisotopic (exact) mass is 537 g/mol. The van der Waals surface area contributed by atoms with Gasteiger partial charge in [-0.25, -0.2) is 0 Å². The summed E-state index contributed by atoms with van der Waals surface area (Å²) in [5, 5.41) is 6.23. The molecule has 4 heteroatoms. The Morgan fingerprint density at radius 2 is 1.50 bits per heavy atom. The molecule has 1 aliphatic rings. The summed E-state index contributed by atoms with van der Waals surface area (Å²) in [5.41, 5.74) is 7.74. The summed E-state index contributed by atoms with van der Waals surface area (Å²) in [5.74, 6) is 1.73. The lowest BCUT2D eigenvalue weighted by Crippen LogP contribution is -2.45. The van der Waals surface area contributed by atoms with Gasteiger partial charge in [-0.1, -0.05) is 73.7 Å². The summed E-state index contributed by atoms with van der Waals surface area (Å²) in [6.07, 6.45) is 0.981. The lowest BCUT2D eigenvalue weighted by atomic mass is 9.80. The molecule has 210 valence electrons. The summed E-state index contributed by atoms with van der Waals surface area (Å²) in [6.45, 7) is 13.3. The third-order valence-electron chi connectivity index (χ3n) is 8.39. The quantitative estimate of drug-likeness (QED) is 0.199. The van der Waals surface area contributed by atoms with Crippen molar-refractivity contribution in [3.05, 3.63) is 112 Å². The largest absolute Gasteiger partial charge is 0.494 e. The maximum atomic E-state index is 6.66. The first-order valence-corrected chi connectivity index (χ1v) is 14.7. The number of hydrogen-bond donors (Lipinski definition) is 1. The van der Waals surface area contributed by atoms with Crippen molar-refractivity contribution in [1.29, 1.82) is 0 Å². The fraction of sp³-hybridized carbons (Fsp3) is 0.389. The third kappa shape index (κ3) is 6.75. The van der Waals surface area contributed by atoms with E-state index in [1.54, 1.807) is 0 Å². The van der Waals surface area contributed by atoms with E-state index in [1.807, 2.05) is 0 Å². The topological polar surface area (TPSA) is 39.7 Å². The highest BCUT2D eigenvalue weighted by molar-refractivity contribution is 5.89. The molecule has 1 N–H and O–H groups in total. The molecule has 3 atom stereocenters. The lowest BCUT2D eigenvalue weighted by molar-refractivity contribution is -0.00351. The molecule has 4 aromatic rings. The van der Waals surface area contributed by atoms with Gasteiger partial charge < -0.3 is 19.5 Å². The maximum absolute atomic E-state index is 6.66. The van der Waals surface area contributed by atoms with E-state index in [1.165, 1.54) is 44.2 Å². The van der Waals surface area contributed by atoms with Gasteiger partial charge in [-0.3, -0.25) is 0 Å². The molecule has 5 rings (SSSR count). The summed E-state index contributed by atoms with van der Waals surface area (Å²) in [7, 11) is 0. The summed E-state index contributed by atoms with van der Waals surface area (Å²) in [6, 6.07) is 28.0. The van der Waals surface area contributed by atoms with Crippen LogP contribution in [-0.4, -0.2) is 32.4 Å². The zero-order valence-corrected chi connectivity index (χ0v) is 24.4. The van der Waals surface area contributed by atoms with Crippen molar-refractivity contribution in [1.82, 2.24) is 5.32 Å². The highest BCUT2D eigenvalue weighted by Gasteiger charge is 2.32. The van der Waals surface area contributed by atoms with E-state index in [0.717, 1.165) is 25.3 Å². The fourth-order valence-corrected chi connectivity index (χ4v) is 5.99. The average Bonchev–Trinajstić information content (AvgIpc) is 2.97. The van der Waals surface area contributed by atoms with Gasteiger partial charge in [0.15, 0.2) is 0 Å². The summed E-state index contributed by atoms with van der Waals surface area (Å²) < 4.78 is 18.5. The number of benzene rings is 4. The molecule has 0 radical (unpaired) electrons. The van der Waals surface area contributed by atoms with Crippen molar-refractivity contribution in [2.24, 2.45) is 5.92 Å². The van der Waals surface area contributed by atoms with Crippen molar-refractivity contribution in [2.45, 2.75) is 59.4 Å². The van der Waals surface area contributed by atoms with Crippen molar-refractivity contribution in [3.63, 3.8) is 0 Å². The van der Waals surface area contributed by atoms with Gasteiger partial charge in [0, 0.05) is 18.9 Å². The standard InChI is InChI=1S/C36H43NO3/c1-25-10-5-6-11-30(25)23-38-18-9-19-39-32-16-14-29(15-17-32)36-27(3)21-37-22-35(36)40-24-31-20-26(2)33-12-7-8-13-34(33)28(31)4/h5-8,10-17,20,27,35-37H,9,18-19,21-24H2,1-4H3/t27?,35-,36+/m0/s1. The van der Waals surface area contributed by atoms with Crippen LogP contribution in [0.25, 0.3) is 10.8 Å². The Hall–Kier alpha value is -3.18. The molecule has 0 saturated carbocycles. The molecular weight excluding hydrogens is 494 g/mol. The first-order valence-electron chi connectivity index (χ1n) is 14.7. The number of piperidine rings is 1. The van der Waals surface area contributed by atoms with Crippen LogP contribution in [0.5, 0.6) is 5.75 Å². The molecule has 0 spiro atoms. The van der Waals surface area contributed by atoms with Gasteiger partial charge in [0.1, 0.15) is 5.75 Å². The molecule has 0 aliphatic carbocycles. The molecular formula is C36H43NO3. The van der Waals surface area contributed by atoms with Crippen LogP contribution >= 0.6 is 0 Å². The Morgan fingerprint density at radius 3 is 2.30 bits per heavy atom. The Bertz CT molecular complexity index is 1400. The molecule has 4 nitrogen and oxygen atoms in total. The first-order chi connectivity index (χ1) is 19.5. The normalized spacial score (nSPS) is 19.1. The van der Waals surface area contributed by atoms with Crippen molar-refractivity contribution >= 4 is 10.8 Å². The van der Waals surface area contributed by atoms with Gasteiger partial charge in [0.2, 0.25) is 0 Å². The van der Waals surface area contributed by atoms with E-state index < -0.39 is 0 Å². The van der Waals surface area contributed by atoms with Crippen LogP contribution in [0, 0.1) is 26.7 Å². The van der Waals surface area contributed by atoms with Gasteiger partial charge in [0.25, 0.3) is 0 Å². The average molecular weight is 538 g/mol. The van der Waals surface area contributed by atoms with Gasteiger partial charge in [-0.05, 0) is 89.5 Å². The molecule has 1 saturated heterocycles. The van der Waals surface area contributed by atoms with Crippen LogP contribution in [0.4, 0.5) is 0 Å². The number of hydrogen-bond acceptors (Lipinski definition) is 4. The van der Waals surface area contributed by atoms with E-state index in [2.05, 4.69) is 112 Å². The van der Waals surface area contributed by atoms with E-state index in [4.69, 9.17) is 14.2 Å². The Labute approximate surface area is 239 Å². The molecule has 1 unspecified atom stereocenters. The molecule has 4 aromatic carbocycles. The predicted octanol–water partition coefficient (Wildman–Crippen LogP) is 7.66. The van der Waals surface area contributed by atoms with E-state index in [0.29, 0.717) is 38.3 Å². The Morgan fingerprint density at radius 1 is 0.750 bits per heavy atom. The molecule has 0 aromatic heterocycles. The van der Waals surface area contributed by atoms with Crippen LogP contribution in [0.15, 0.2) is 78.9 Å². The molecule has 1 fully saturated rings. The summed E-state index contributed by atoms with van der Waals surface area (Å²) in [4.78, 5) is 0. The van der Waals surface area contributed by atoms with Gasteiger partial charge in [0.05, 0.1) is 32.5 Å². The third-order valence-corrected chi connectivity index (χ3v) is 8.39. The molecule has 0 bridgehead atoms. The van der Waals surface area contributed by atoms with Crippen molar-refractivity contribution < 1.29 is 14.2 Å². The predicted molar refractivity (Wildman–Crippen MR) is 164 cm³/mol. The zero-order chi connectivity index (χ0) is 27.9. The van der Waals surface area contributed by atoms with Gasteiger partial charge in [-0.2, -0.15) is 0 Å². The van der Waals surface area contributed by atoms with Crippen LogP contribution in [0.1, 0.15) is 52.6 Å². The first kappa shape index (κ1) is 28.4. The highest BCUT2D eigenvalue weighted by Crippen LogP contribution is 2.34. The molecule has 1 aliphatic heterocycles. The number of ether oxygens (including phenoxy) is 3. The van der Waals surface area contributed by atoms with Crippen LogP contribution in [-0.2, 0) is 22.7 Å². The Kier molecular flexibility index (Phi) is 9.53. The molecule has 0 amide bonds. The second-order valence-corrected chi connectivity index (χ2v) is 11.3. The van der Waals surface area contributed by atoms with Gasteiger partial charge >= 0.3 is 0 Å². The van der Waals surface area contributed by atoms with Crippen LogP contribution in [0.3, 0.4) is 0 Å². The number of aryl methyl sites for hydroxylation is 3. The van der Waals surface area contributed by atoms with Crippen LogP contribution in [0.2, 0.25) is 0 Å². The minimum absolute atomic E-state index is 0.118. The second-order valence-electron chi connectivity index (χ2n) is 11.3. The van der Waals surface area contributed by atoms with E-state index >= 15 is 0 Å². The highest BCUT2D eigenvalue weighted by atomic mass is 16.5. The fourth-order valence-electron chi connectivity index (χ4n) is 5.99. The van der Waals surface area contributed by atoms with E-state index in [9.17, 15) is 0 Å². The summed E-state index contributed by atoms with van der Waals surface area (Å²) >= 11 is 0. The number of fused-ring (bicyclic) bond motifs is 1. The van der Waals surface area contributed by atoms with Crippen LogP contribution < -0.4 is 10.1 Å². The van der Waals surface area contributed by atoms with E-state index in [-0.39, 0.29) is 6.10 Å². The smallest absolute Gasteiger partial charge is 0.119 e. The van der Waals surface area contributed by atoms with Gasteiger partial charge in [-0.15, -0.1) is 0 Å². The molecule has 40 heavy (non-hydrogen) atoms. The number of nitrogens with one attached hydrogen (secondary N) is 1. The lowest BCUT2D eigenvalue weighted by Gasteiger charge is -2.37.